The molecule has 2 aliphatic rings. The molecule has 1 aliphatic heterocycles. The molecule has 1 fully saturated rings. The van der Waals surface area contributed by atoms with Crippen molar-refractivity contribution in [1.29, 1.82) is 0 Å². The van der Waals surface area contributed by atoms with Gasteiger partial charge in [-0.3, -0.25) is 9.59 Å². The molecule has 1 aliphatic carbocycles. The average Bonchev–Trinajstić information content (AvgIpc) is 3.58. The monoisotopic (exact) mass is 484 g/mol. The van der Waals surface area contributed by atoms with Crippen LogP contribution in [0.1, 0.15) is 43.9 Å². The predicted molar refractivity (Wildman–Crippen MR) is 138 cm³/mol. The quantitative estimate of drug-likeness (QED) is 0.405. The highest BCUT2D eigenvalue weighted by atomic mass is 16.1. The van der Waals surface area contributed by atoms with Gasteiger partial charge >= 0.3 is 0 Å². The molecule has 10 heteroatoms. The third kappa shape index (κ3) is 3.56. The van der Waals surface area contributed by atoms with Crippen molar-refractivity contribution in [3.05, 3.63) is 81.0 Å². The van der Waals surface area contributed by atoms with Gasteiger partial charge in [-0.2, -0.15) is 4.98 Å². The van der Waals surface area contributed by atoms with E-state index < -0.39 is 0 Å². The van der Waals surface area contributed by atoms with E-state index in [4.69, 9.17) is 4.98 Å². The minimum Gasteiger partial charge on any atom is -0.324 e. The zero-order valence-electron chi connectivity index (χ0n) is 20.4. The number of aromatic nitrogens is 6. The topological polar surface area (TPSA) is 112 Å². The Morgan fingerprint density at radius 3 is 2.81 bits per heavy atom. The summed E-state index contributed by atoms with van der Waals surface area (Å²) in [5.41, 5.74) is 3.86. The normalized spacial score (nSPS) is 15.9. The summed E-state index contributed by atoms with van der Waals surface area (Å²) in [5, 5.41) is 11.7. The van der Waals surface area contributed by atoms with Crippen molar-refractivity contribution >= 4 is 22.7 Å². The summed E-state index contributed by atoms with van der Waals surface area (Å²) in [4.78, 5) is 34.6. The molecule has 4 aromatic rings. The minimum absolute atomic E-state index is 0.140. The summed E-state index contributed by atoms with van der Waals surface area (Å²) < 4.78 is 4.50. The number of hydrogen-bond acceptors (Lipinski definition) is 7. The number of nitrogens with one attached hydrogen (secondary N) is 2. The second-order valence-corrected chi connectivity index (χ2v) is 9.87. The number of allylic oxidation sites excluding steroid dienone is 1. The van der Waals surface area contributed by atoms with Crippen LogP contribution in [0.25, 0.3) is 16.9 Å². The summed E-state index contributed by atoms with van der Waals surface area (Å²) in [6, 6.07) is 9.32. The zero-order chi connectivity index (χ0) is 25.0. The van der Waals surface area contributed by atoms with Gasteiger partial charge in [0.1, 0.15) is 5.39 Å². The Balaban J connectivity index is 1.44. The van der Waals surface area contributed by atoms with Gasteiger partial charge in [0.2, 0.25) is 5.95 Å². The van der Waals surface area contributed by atoms with Crippen molar-refractivity contribution in [3.63, 3.8) is 0 Å². The van der Waals surface area contributed by atoms with Crippen LogP contribution in [0.5, 0.6) is 0 Å². The lowest BCUT2D eigenvalue weighted by Gasteiger charge is -2.26. The molecule has 1 saturated carbocycles. The van der Waals surface area contributed by atoms with Crippen LogP contribution in [0, 0.1) is 0 Å². The van der Waals surface area contributed by atoms with Crippen molar-refractivity contribution < 1.29 is 0 Å². The Labute approximate surface area is 207 Å². The van der Waals surface area contributed by atoms with Crippen LogP contribution in [0.3, 0.4) is 0 Å². The lowest BCUT2D eigenvalue weighted by molar-refractivity contribution is 0.486. The molecule has 0 amide bonds. The highest BCUT2D eigenvalue weighted by molar-refractivity contribution is 5.77. The standard InChI is InChI=1S/C26H28N8O2/c1-4-11-32-24(36)19-14-28-25(29-18-5-6-20-17(12-18)13-27-15-26(20)9-10-26)30-23(19)34(32)21-7-8-22(35)33(31-21)16(2)3/h4-8,12,14,16,27H,1,9-11,13,15H2,2-3H3,(H,28,29,30). The van der Waals surface area contributed by atoms with Gasteiger partial charge in [0.25, 0.3) is 11.1 Å². The number of rotatable bonds is 6. The Kier molecular flexibility index (Phi) is 5.15. The van der Waals surface area contributed by atoms with Gasteiger partial charge in [-0.15, -0.1) is 11.7 Å². The average molecular weight is 485 g/mol. The zero-order valence-corrected chi connectivity index (χ0v) is 20.4. The molecule has 10 nitrogen and oxygen atoms in total. The van der Waals surface area contributed by atoms with Gasteiger partial charge in [0, 0.05) is 36.5 Å². The Bertz CT molecular complexity index is 1620. The van der Waals surface area contributed by atoms with Crippen molar-refractivity contribution in [2.45, 2.75) is 51.2 Å². The van der Waals surface area contributed by atoms with Crippen LogP contribution in [-0.2, 0) is 18.5 Å². The number of anilines is 2. The maximum Gasteiger partial charge on any atom is 0.278 e. The highest BCUT2D eigenvalue weighted by Crippen LogP contribution is 2.50. The molecular formula is C26H28N8O2. The molecular weight excluding hydrogens is 456 g/mol. The first kappa shape index (κ1) is 22.4. The SMILES string of the molecule is C=CCn1c(=O)c2cnc(Nc3ccc4c(c3)CNCC43CC3)nc2n1-c1ccc(=O)n(C(C)C)n1. The van der Waals surface area contributed by atoms with Gasteiger partial charge in [-0.05, 0) is 56.0 Å². The van der Waals surface area contributed by atoms with E-state index in [1.807, 2.05) is 13.8 Å². The fraction of sp³-hybridized carbons (Fsp3) is 0.346. The molecule has 2 N–H and O–H groups in total. The first-order chi connectivity index (χ1) is 17.4. The van der Waals surface area contributed by atoms with E-state index in [1.165, 1.54) is 45.6 Å². The van der Waals surface area contributed by atoms with Crippen LogP contribution in [0.2, 0.25) is 0 Å². The van der Waals surface area contributed by atoms with E-state index in [0.717, 1.165) is 18.8 Å². The van der Waals surface area contributed by atoms with Crippen LogP contribution in [0.15, 0.2) is 58.8 Å². The largest absolute Gasteiger partial charge is 0.324 e. The molecule has 4 heterocycles. The lowest BCUT2D eigenvalue weighted by Crippen LogP contribution is -2.33. The number of nitrogens with zero attached hydrogens (tertiary/aromatic N) is 6. The lowest BCUT2D eigenvalue weighted by atomic mass is 9.88. The summed E-state index contributed by atoms with van der Waals surface area (Å²) in [5.74, 6) is 0.783. The molecule has 1 aromatic carbocycles. The van der Waals surface area contributed by atoms with Crippen molar-refractivity contribution in [2.24, 2.45) is 0 Å². The second kappa shape index (κ2) is 8.27. The third-order valence-electron chi connectivity index (χ3n) is 7.06. The van der Waals surface area contributed by atoms with Crippen LogP contribution in [-0.4, -0.2) is 35.7 Å². The van der Waals surface area contributed by atoms with E-state index in [2.05, 4.69) is 45.5 Å². The molecule has 0 bridgehead atoms. The van der Waals surface area contributed by atoms with E-state index >= 15 is 0 Å². The maximum atomic E-state index is 13.2. The van der Waals surface area contributed by atoms with Crippen LogP contribution in [0.4, 0.5) is 11.6 Å². The molecule has 36 heavy (non-hydrogen) atoms. The summed E-state index contributed by atoms with van der Waals surface area (Å²) in [7, 11) is 0. The molecule has 0 unspecified atom stereocenters. The smallest absolute Gasteiger partial charge is 0.278 e. The summed E-state index contributed by atoms with van der Waals surface area (Å²) in [6.07, 6.45) is 5.63. The van der Waals surface area contributed by atoms with Crippen LogP contribution >= 0.6 is 0 Å². The second-order valence-electron chi connectivity index (χ2n) is 9.87. The van der Waals surface area contributed by atoms with Crippen molar-refractivity contribution in [1.82, 2.24) is 34.4 Å². The number of fused-ring (bicyclic) bond motifs is 3. The molecule has 0 atom stereocenters. The molecule has 184 valence electrons. The van der Waals surface area contributed by atoms with Gasteiger partial charge in [0.05, 0.1) is 12.6 Å². The van der Waals surface area contributed by atoms with Gasteiger partial charge in [0.15, 0.2) is 11.5 Å². The van der Waals surface area contributed by atoms with Gasteiger partial charge in [-0.1, -0.05) is 12.1 Å². The fourth-order valence-corrected chi connectivity index (χ4v) is 5.10. The first-order valence-electron chi connectivity index (χ1n) is 12.2. The fourth-order valence-electron chi connectivity index (χ4n) is 5.10. The van der Waals surface area contributed by atoms with E-state index in [-0.39, 0.29) is 23.7 Å². The molecule has 6 rings (SSSR count). The summed E-state index contributed by atoms with van der Waals surface area (Å²) >= 11 is 0. The van der Waals surface area contributed by atoms with E-state index in [0.29, 0.717) is 28.2 Å². The molecule has 0 saturated heterocycles. The maximum absolute atomic E-state index is 13.2. The van der Waals surface area contributed by atoms with Crippen molar-refractivity contribution in [2.75, 3.05) is 11.9 Å². The highest BCUT2D eigenvalue weighted by Gasteiger charge is 2.46. The predicted octanol–water partition coefficient (Wildman–Crippen LogP) is 2.78. The summed E-state index contributed by atoms with van der Waals surface area (Å²) in [6.45, 7) is 9.68. The Hall–Kier alpha value is -4.05. The van der Waals surface area contributed by atoms with E-state index in [1.54, 1.807) is 16.8 Å². The molecule has 3 aromatic heterocycles. The van der Waals surface area contributed by atoms with Gasteiger partial charge < -0.3 is 10.6 Å². The number of benzene rings is 1. The van der Waals surface area contributed by atoms with Crippen LogP contribution < -0.4 is 21.8 Å². The van der Waals surface area contributed by atoms with Crippen molar-refractivity contribution in [3.8, 4) is 5.82 Å². The Morgan fingerprint density at radius 2 is 2.06 bits per heavy atom. The third-order valence-corrected chi connectivity index (χ3v) is 7.06. The molecule has 1 spiro atoms. The molecule has 0 radical (unpaired) electrons. The van der Waals surface area contributed by atoms with E-state index in [9.17, 15) is 9.59 Å². The first-order valence-corrected chi connectivity index (χ1v) is 12.2. The number of hydrogen-bond donors (Lipinski definition) is 2. The Morgan fingerprint density at radius 1 is 1.22 bits per heavy atom. The minimum atomic E-state index is -0.255. The van der Waals surface area contributed by atoms with Gasteiger partial charge in [-0.25, -0.2) is 19.0 Å².